The number of carboxylic acids is 1. The van der Waals surface area contributed by atoms with Crippen molar-refractivity contribution in [1.82, 2.24) is 5.32 Å². The fourth-order valence-electron chi connectivity index (χ4n) is 2.73. The first-order chi connectivity index (χ1) is 10.4. The summed E-state index contributed by atoms with van der Waals surface area (Å²) in [6, 6.07) is 6.11. The number of rotatable bonds is 6. The van der Waals surface area contributed by atoms with Gasteiger partial charge in [-0.05, 0) is 30.5 Å². The summed E-state index contributed by atoms with van der Waals surface area (Å²) in [5, 5.41) is 11.9. The van der Waals surface area contributed by atoms with Crippen LogP contribution in [0.2, 0.25) is 0 Å². The predicted molar refractivity (Wildman–Crippen MR) is 81.7 cm³/mol. The van der Waals surface area contributed by atoms with Crippen molar-refractivity contribution >= 4 is 11.9 Å². The Morgan fingerprint density at radius 3 is 2.41 bits per heavy atom. The van der Waals surface area contributed by atoms with Gasteiger partial charge >= 0.3 is 5.97 Å². The molecule has 0 saturated heterocycles. The Morgan fingerprint density at radius 1 is 1.32 bits per heavy atom. The van der Waals surface area contributed by atoms with Crippen LogP contribution in [0.1, 0.15) is 31.2 Å². The van der Waals surface area contributed by atoms with Crippen molar-refractivity contribution in [3.63, 3.8) is 0 Å². The molecule has 0 spiro atoms. The maximum atomic E-state index is 12.3. The highest BCUT2D eigenvalue weighted by atomic mass is 16.5. The Bertz CT molecular complexity index is 536. The molecule has 2 rings (SSSR count). The quantitative estimate of drug-likeness (QED) is 0.730. The number of benzene rings is 1. The highest BCUT2D eigenvalue weighted by Crippen LogP contribution is 2.27. The van der Waals surface area contributed by atoms with Gasteiger partial charge in [0.1, 0.15) is 11.8 Å². The van der Waals surface area contributed by atoms with E-state index in [1.807, 2.05) is 0 Å². The van der Waals surface area contributed by atoms with E-state index in [1.54, 1.807) is 31.4 Å². The van der Waals surface area contributed by atoms with Gasteiger partial charge in [-0.1, -0.05) is 25.0 Å². The minimum absolute atomic E-state index is 0.209. The van der Waals surface area contributed by atoms with Crippen LogP contribution in [0, 0.1) is 0 Å². The second kappa shape index (κ2) is 6.79. The molecule has 6 nitrogen and oxygen atoms in total. The first-order valence-corrected chi connectivity index (χ1v) is 7.40. The third-order valence-corrected chi connectivity index (χ3v) is 4.15. The van der Waals surface area contributed by atoms with Crippen molar-refractivity contribution < 1.29 is 19.4 Å². The molecule has 0 aliphatic heterocycles. The molecular weight excluding hydrogens is 284 g/mol. The fraction of sp³-hybridized carbons (Fsp3) is 0.500. The molecule has 1 aromatic carbocycles. The van der Waals surface area contributed by atoms with Crippen LogP contribution in [0.5, 0.6) is 5.75 Å². The van der Waals surface area contributed by atoms with Crippen LogP contribution in [0.15, 0.2) is 24.3 Å². The Hall–Kier alpha value is -2.08. The number of carbonyl (C=O) groups is 2. The average Bonchev–Trinajstić information content (AvgIpc) is 2.95. The molecule has 1 aliphatic carbocycles. The van der Waals surface area contributed by atoms with Crippen LogP contribution in [0.4, 0.5) is 0 Å². The molecule has 0 heterocycles. The number of hydrogen-bond acceptors (Lipinski definition) is 4. The number of carbonyl (C=O) groups excluding carboxylic acids is 1. The molecule has 1 saturated carbocycles. The van der Waals surface area contributed by atoms with E-state index in [2.05, 4.69) is 5.32 Å². The van der Waals surface area contributed by atoms with E-state index in [1.165, 1.54) is 0 Å². The van der Waals surface area contributed by atoms with Crippen molar-refractivity contribution in [2.75, 3.05) is 7.11 Å². The predicted octanol–water partition coefficient (Wildman–Crippen LogP) is 1.08. The smallest absolute Gasteiger partial charge is 0.326 e. The first-order valence-electron chi connectivity index (χ1n) is 7.40. The average molecular weight is 306 g/mol. The summed E-state index contributed by atoms with van der Waals surface area (Å²) in [6.45, 7) is 0. The highest BCUT2D eigenvalue weighted by molar-refractivity contribution is 5.90. The van der Waals surface area contributed by atoms with Gasteiger partial charge in [0.2, 0.25) is 5.91 Å². The second-order valence-electron chi connectivity index (χ2n) is 5.78. The lowest BCUT2D eigenvalue weighted by atomic mass is 9.96. The molecular formula is C16H22N2O4. The summed E-state index contributed by atoms with van der Waals surface area (Å²) < 4.78 is 5.06. The standard InChI is InChI=1S/C16H22N2O4/c1-22-12-6-4-11(5-7-12)10-13(14(19)20)18-15(21)16(17)8-2-3-9-16/h4-7,13H,2-3,8-10,17H2,1H3,(H,18,21)(H,19,20)/t13-/m0/s1. The molecule has 0 unspecified atom stereocenters. The molecule has 1 atom stereocenters. The molecule has 120 valence electrons. The minimum atomic E-state index is -1.06. The number of hydrogen-bond donors (Lipinski definition) is 3. The number of amides is 1. The summed E-state index contributed by atoms with van der Waals surface area (Å²) in [4.78, 5) is 23.7. The van der Waals surface area contributed by atoms with E-state index in [0.29, 0.717) is 18.6 Å². The zero-order valence-electron chi connectivity index (χ0n) is 12.7. The summed E-state index contributed by atoms with van der Waals surface area (Å²) >= 11 is 0. The first kappa shape index (κ1) is 16.3. The Kier molecular flexibility index (Phi) is 5.03. The lowest BCUT2D eigenvalue weighted by Gasteiger charge is -2.25. The molecule has 6 heteroatoms. The van der Waals surface area contributed by atoms with E-state index in [0.717, 1.165) is 18.4 Å². The van der Waals surface area contributed by atoms with E-state index in [9.17, 15) is 14.7 Å². The number of carboxylic acid groups (broad SMARTS) is 1. The highest BCUT2D eigenvalue weighted by Gasteiger charge is 2.38. The summed E-state index contributed by atoms with van der Waals surface area (Å²) in [5.74, 6) is -0.733. The minimum Gasteiger partial charge on any atom is -0.497 e. The molecule has 0 aromatic heterocycles. The second-order valence-corrected chi connectivity index (χ2v) is 5.78. The lowest BCUT2D eigenvalue weighted by molar-refractivity contribution is -0.142. The monoisotopic (exact) mass is 306 g/mol. The van der Waals surface area contributed by atoms with Gasteiger partial charge in [-0.3, -0.25) is 4.79 Å². The van der Waals surface area contributed by atoms with Gasteiger partial charge in [0, 0.05) is 6.42 Å². The number of ether oxygens (including phenoxy) is 1. The largest absolute Gasteiger partial charge is 0.497 e. The van der Waals surface area contributed by atoms with Crippen molar-refractivity contribution in [3.8, 4) is 5.75 Å². The third-order valence-electron chi connectivity index (χ3n) is 4.15. The van der Waals surface area contributed by atoms with Gasteiger partial charge in [0.05, 0.1) is 12.6 Å². The molecule has 4 N–H and O–H groups in total. The van der Waals surface area contributed by atoms with Crippen LogP contribution in [-0.2, 0) is 16.0 Å². The van der Waals surface area contributed by atoms with Crippen LogP contribution in [-0.4, -0.2) is 35.7 Å². The fourth-order valence-corrected chi connectivity index (χ4v) is 2.73. The molecule has 0 radical (unpaired) electrons. The third kappa shape index (κ3) is 3.76. The van der Waals surface area contributed by atoms with E-state index >= 15 is 0 Å². The molecule has 22 heavy (non-hydrogen) atoms. The summed E-state index contributed by atoms with van der Waals surface area (Å²) in [6.07, 6.45) is 3.23. The Morgan fingerprint density at radius 2 is 1.91 bits per heavy atom. The Balaban J connectivity index is 2.03. The van der Waals surface area contributed by atoms with Crippen LogP contribution >= 0.6 is 0 Å². The zero-order valence-corrected chi connectivity index (χ0v) is 12.7. The van der Waals surface area contributed by atoms with Gasteiger partial charge in [-0.25, -0.2) is 4.79 Å². The molecule has 1 amide bonds. The molecule has 1 fully saturated rings. The maximum absolute atomic E-state index is 12.3. The Labute approximate surface area is 129 Å². The maximum Gasteiger partial charge on any atom is 0.326 e. The number of methoxy groups -OCH3 is 1. The van der Waals surface area contributed by atoms with Crippen LogP contribution in [0.3, 0.4) is 0 Å². The number of nitrogens with two attached hydrogens (primary N) is 1. The van der Waals surface area contributed by atoms with Crippen LogP contribution in [0.25, 0.3) is 0 Å². The van der Waals surface area contributed by atoms with Gasteiger partial charge in [0.25, 0.3) is 0 Å². The topological polar surface area (TPSA) is 102 Å². The molecule has 0 bridgehead atoms. The summed E-state index contributed by atoms with van der Waals surface area (Å²) in [5.41, 5.74) is 5.95. The van der Waals surface area contributed by atoms with Crippen molar-refractivity contribution in [3.05, 3.63) is 29.8 Å². The van der Waals surface area contributed by atoms with Gasteiger partial charge in [-0.2, -0.15) is 0 Å². The normalized spacial score (nSPS) is 17.7. The summed E-state index contributed by atoms with van der Waals surface area (Å²) in [7, 11) is 1.57. The van der Waals surface area contributed by atoms with E-state index < -0.39 is 17.6 Å². The van der Waals surface area contributed by atoms with Gasteiger partial charge in [-0.15, -0.1) is 0 Å². The molecule has 1 aromatic rings. The van der Waals surface area contributed by atoms with E-state index in [-0.39, 0.29) is 12.3 Å². The van der Waals surface area contributed by atoms with Crippen molar-refractivity contribution in [1.29, 1.82) is 0 Å². The van der Waals surface area contributed by atoms with Gasteiger partial charge < -0.3 is 20.9 Å². The van der Waals surface area contributed by atoms with Gasteiger partial charge in [0.15, 0.2) is 0 Å². The molecule has 1 aliphatic rings. The van der Waals surface area contributed by atoms with Crippen molar-refractivity contribution in [2.24, 2.45) is 5.73 Å². The van der Waals surface area contributed by atoms with Crippen molar-refractivity contribution in [2.45, 2.75) is 43.7 Å². The van der Waals surface area contributed by atoms with E-state index in [4.69, 9.17) is 10.5 Å². The SMILES string of the molecule is COc1ccc(C[C@H](NC(=O)C2(N)CCCC2)C(=O)O)cc1. The number of aliphatic carboxylic acids is 1. The zero-order chi connectivity index (χ0) is 16.2. The van der Waals surface area contributed by atoms with Crippen LogP contribution < -0.4 is 15.8 Å². The lowest BCUT2D eigenvalue weighted by Crippen LogP contribution is -2.56. The number of nitrogens with one attached hydrogen (secondary N) is 1.